The largest absolute Gasteiger partial charge is 0.385 e. The molecule has 0 aliphatic carbocycles. The molecule has 0 aromatic carbocycles. The number of hydrogen-bond donors (Lipinski definition) is 0. The molecule has 1 unspecified atom stereocenters. The average Bonchev–Trinajstić information content (AvgIpc) is 2.36. The molecule has 0 aliphatic heterocycles. The van der Waals surface area contributed by atoms with Crippen molar-refractivity contribution in [2.24, 2.45) is 11.3 Å². The van der Waals surface area contributed by atoms with Crippen LogP contribution in [0.4, 0.5) is 0 Å². The van der Waals surface area contributed by atoms with E-state index < -0.39 is 5.50 Å². The van der Waals surface area contributed by atoms with Crippen LogP contribution in [0.3, 0.4) is 0 Å². The van der Waals surface area contributed by atoms with Gasteiger partial charge in [0.05, 0.1) is 17.8 Å². The van der Waals surface area contributed by atoms with Gasteiger partial charge < -0.3 is 14.2 Å². The Morgan fingerprint density at radius 1 is 0.833 bits per heavy atom. The van der Waals surface area contributed by atoms with E-state index in [0.717, 1.165) is 19.4 Å². The fraction of sp³-hybridized carbons (Fsp3) is 1.00. The van der Waals surface area contributed by atoms with Gasteiger partial charge in [-0.2, -0.15) is 0 Å². The Kier molecular flexibility index (Phi) is 9.03. The Morgan fingerprint density at radius 3 is 1.79 bits per heavy atom. The summed E-state index contributed by atoms with van der Waals surface area (Å²) < 4.78 is 18.0. The monoisotopic (exact) mass is 340 g/mol. The van der Waals surface area contributed by atoms with Crippen LogP contribution in [0.25, 0.3) is 0 Å². The number of rotatable bonds is 12. The summed E-state index contributed by atoms with van der Waals surface area (Å²) in [6, 6.07) is 0. The molecule has 0 N–H and O–H groups in total. The highest BCUT2D eigenvalue weighted by atomic mass is 16.5. The van der Waals surface area contributed by atoms with E-state index in [0.29, 0.717) is 19.1 Å². The molecule has 0 saturated carbocycles. The first-order valence-corrected chi connectivity index (χ1v) is 9.39. The van der Waals surface area contributed by atoms with Crippen molar-refractivity contribution < 1.29 is 14.2 Å². The zero-order chi connectivity index (χ0) is 19.2. The molecule has 0 aliphatic rings. The van der Waals surface area contributed by atoms with Gasteiger partial charge in [0.15, 0.2) is 0 Å². The van der Waals surface area contributed by atoms with Crippen molar-refractivity contribution in [1.29, 1.82) is 0 Å². The number of ether oxygens (including phenoxy) is 3. The smallest absolute Gasteiger partial charge is 0.112 e. The second kappa shape index (κ2) is 9.05. The lowest BCUT2D eigenvalue weighted by atomic mass is 9.74. The Bertz CT molecular complexity index is 356. The Hall–Kier alpha value is -0.0551. The molecule has 3 nitrogen and oxygen atoms in total. The summed E-state index contributed by atoms with van der Waals surface area (Å²) in [5.41, 5.74) is -1.04. The van der Waals surface area contributed by atoms with Gasteiger partial charge in [-0.15, -0.1) is 0 Å². The van der Waals surface area contributed by atoms with E-state index in [1.54, 1.807) is 0 Å². The third kappa shape index (κ3) is 7.88. The van der Waals surface area contributed by atoms with E-state index in [1.165, 1.54) is 0 Å². The van der Waals surface area contributed by atoms with Gasteiger partial charge in [0.2, 0.25) is 0 Å². The van der Waals surface area contributed by atoms with Crippen LogP contribution in [0.15, 0.2) is 0 Å². The maximum atomic E-state index is 6.40. The molecular weight excluding hydrogens is 299 g/mol. The zero-order valence-corrected chi connectivity index (χ0v) is 17.9. The van der Waals surface area contributed by atoms with E-state index in [-0.39, 0.29) is 16.6 Å². The van der Waals surface area contributed by atoms with Gasteiger partial charge in [-0.05, 0) is 66.7 Å². The Balaban J connectivity index is 4.74. The van der Waals surface area contributed by atoms with E-state index in [9.17, 15) is 0 Å². The van der Waals surface area contributed by atoms with Crippen molar-refractivity contribution in [3.8, 4) is 0 Å². The van der Waals surface area contributed by atoms with Crippen molar-refractivity contribution in [3.05, 3.63) is 0 Å². The second-order valence-electron chi connectivity index (χ2n) is 9.05. The van der Waals surface area contributed by atoms with E-state index in [4.69, 9.17) is 22.1 Å². The molecule has 2 radical (unpaired) electrons. The fourth-order valence-corrected chi connectivity index (χ4v) is 2.67. The molecule has 142 valence electrons. The van der Waals surface area contributed by atoms with Crippen LogP contribution in [0.2, 0.25) is 0 Å². The first kappa shape index (κ1) is 23.9. The molecule has 0 heterocycles. The van der Waals surface area contributed by atoms with Crippen molar-refractivity contribution in [1.82, 2.24) is 0 Å². The predicted molar refractivity (Wildman–Crippen MR) is 104 cm³/mol. The standard InChI is InChI=1S/C20H41BO3/c1-11-16(18(5,6)22-12-2)15-24-19(7,8)17(3,4)13-14-23-20(9,10)21/h16H,11-15H2,1-10H3. The highest BCUT2D eigenvalue weighted by Crippen LogP contribution is 2.38. The van der Waals surface area contributed by atoms with Crippen LogP contribution in [-0.4, -0.2) is 44.4 Å². The first-order valence-electron chi connectivity index (χ1n) is 9.39. The molecule has 4 heteroatoms. The summed E-state index contributed by atoms with van der Waals surface area (Å²) in [6.07, 6.45) is 1.93. The quantitative estimate of drug-likeness (QED) is 0.470. The molecular formula is C20H41BO3. The van der Waals surface area contributed by atoms with Crippen molar-refractivity contribution in [3.63, 3.8) is 0 Å². The van der Waals surface area contributed by atoms with Gasteiger partial charge in [-0.3, -0.25) is 0 Å². The lowest BCUT2D eigenvalue weighted by Gasteiger charge is -2.44. The van der Waals surface area contributed by atoms with Gasteiger partial charge in [0, 0.05) is 24.6 Å². The van der Waals surface area contributed by atoms with Gasteiger partial charge >= 0.3 is 0 Å². The van der Waals surface area contributed by atoms with Crippen LogP contribution >= 0.6 is 0 Å². The molecule has 0 spiro atoms. The predicted octanol–water partition coefficient (Wildman–Crippen LogP) is 4.96. The molecule has 0 fully saturated rings. The normalized spacial score (nSPS) is 15.6. The minimum atomic E-state index is -0.587. The van der Waals surface area contributed by atoms with Gasteiger partial charge in [0.25, 0.3) is 0 Å². The summed E-state index contributed by atoms with van der Waals surface area (Å²) in [5.74, 6) is 0.367. The lowest BCUT2D eigenvalue weighted by molar-refractivity contribution is -0.149. The van der Waals surface area contributed by atoms with Crippen LogP contribution in [-0.2, 0) is 14.2 Å². The summed E-state index contributed by atoms with van der Waals surface area (Å²) in [6.45, 7) is 23.2. The molecule has 0 bridgehead atoms. The van der Waals surface area contributed by atoms with Crippen molar-refractivity contribution in [2.45, 2.75) is 98.8 Å². The maximum Gasteiger partial charge on any atom is 0.112 e. The zero-order valence-electron chi connectivity index (χ0n) is 17.9. The van der Waals surface area contributed by atoms with E-state index in [2.05, 4.69) is 48.5 Å². The Morgan fingerprint density at radius 2 is 1.38 bits per heavy atom. The maximum absolute atomic E-state index is 6.40. The molecule has 1 atom stereocenters. The average molecular weight is 340 g/mol. The highest BCUT2D eigenvalue weighted by Gasteiger charge is 2.39. The topological polar surface area (TPSA) is 27.7 Å². The van der Waals surface area contributed by atoms with Crippen molar-refractivity contribution >= 4 is 7.85 Å². The lowest BCUT2D eigenvalue weighted by Crippen LogP contribution is -2.46. The molecule has 0 aromatic rings. The van der Waals surface area contributed by atoms with Crippen molar-refractivity contribution in [2.75, 3.05) is 19.8 Å². The third-order valence-corrected chi connectivity index (χ3v) is 5.47. The fourth-order valence-electron chi connectivity index (χ4n) is 2.67. The van der Waals surface area contributed by atoms with Gasteiger partial charge in [0.1, 0.15) is 7.85 Å². The molecule has 24 heavy (non-hydrogen) atoms. The van der Waals surface area contributed by atoms with Crippen LogP contribution in [0.1, 0.15) is 82.1 Å². The van der Waals surface area contributed by atoms with Crippen LogP contribution < -0.4 is 0 Å². The third-order valence-electron chi connectivity index (χ3n) is 5.47. The first-order chi connectivity index (χ1) is 10.7. The summed E-state index contributed by atoms with van der Waals surface area (Å²) in [7, 11) is 5.90. The number of hydrogen-bond acceptors (Lipinski definition) is 3. The minimum Gasteiger partial charge on any atom is -0.385 e. The molecule has 0 amide bonds. The summed E-state index contributed by atoms with van der Waals surface area (Å²) >= 11 is 0. The molecule has 0 saturated heterocycles. The van der Waals surface area contributed by atoms with Gasteiger partial charge in [-0.25, -0.2) is 0 Å². The summed E-state index contributed by atoms with van der Waals surface area (Å²) in [4.78, 5) is 0. The van der Waals surface area contributed by atoms with Crippen LogP contribution in [0, 0.1) is 11.3 Å². The highest BCUT2D eigenvalue weighted by molar-refractivity contribution is 6.13. The second-order valence-corrected chi connectivity index (χ2v) is 9.05. The van der Waals surface area contributed by atoms with Gasteiger partial charge in [-0.1, -0.05) is 20.8 Å². The Labute approximate surface area is 152 Å². The van der Waals surface area contributed by atoms with E-state index in [1.807, 2.05) is 20.8 Å². The van der Waals surface area contributed by atoms with E-state index >= 15 is 0 Å². The SMILES string of the molecule is [B]C(C)(C)OCCC(C)(C)C(C)(C)OCC(CC)C(C)(C)OCC. The van der Waals surface area contributed by atoms with Crippen LogP contribution in [0.5, 0.6) is 0 Å². The molecule has 0 aromatic heterocycles. The summed E-state index contributed by atoms with van der Waals surface area (Å²) in [5, 5.41) is 0. The minimum absolute atomic E-state index is 0.0215. The molecule has 0 rings (SSSR count).